The number of alkyl halides is 2. The van der Waals surface area contributed by atoms with E-state index in [-0.39, 0.29) is 4.46 Å². The third-order valence-corrected chi connectivity index (χ3v) is 5.71. The lowest BCUT2D eigenvalue weighted by Crippen LogP contribution is -1.99. The maximum atomic E-state index is 5.71. The highest BCUT2D eigenvalue weighted by molar-refractivity contribution is 6.68. The van der Waals surface area contributed by atoms with Gasteiger partial charge in [0.1, 0.15) is 0 Å². The summed E-state index contributed by atoms with van der Waals surface area (Å²) >= 11 is 11.4. The van der Waals surface area contributed by atoms with Crippen molar-refractivity contribution in [3.8, 4) is 0 Å². The van der Waals surface area contributed by atoms with Gasteiger partial charge in [-0.05, 0) is 0 Å². The topological polar surface area (TPSA) is 0 Å². The fourth-order valence-corrected chi connectivity index (χ4v) is 3.86. The number of unbranched alkanes of at least 4 members (excludes halogenated alkanes) is 13. The van der Waals surface area contributed by atoms with Gasteiger partial charge in [-0.25, -0.2) is 0 Å². The zero-order chi connectivity index (χ0) is 14.9. The van der Waals surface area contributed by atoms with E-state index in [4.69, 9.17) is 23.2 Å². The van der Waals surface area contributed by atoms with E-state index < -0.39 is 0 Å². The van der Waals surface area contributed by atoms with Crippen molar-refractivity contribution in [2.45, 2.75) is 107 Å². The van der Waals surface area contributed by atoms with Gasteiger partial charge >= 0.3 is 0 Å². The first-order chi connectivity index (χ1) is 9.77. The number of hydrogen-bond donors (Lipinski definition) is 0. The second-order valence-electron chi connectivity index (χ2n) is 5.85. The predicted octanol–water partition coefficient (Wildman–Crippen LogP) is 7.35. The SMILES string of the molecule is CCCCCCCCCCCCCCCC[Si]C(Cl)Cl. The van der Waals surface area contributed by atoms with Crippen LogP contribution in [0.5, 0.6) is 0 Å². The molecule has 0 N–H and O–H groups in total. The first kappa shape index (κ1) is 20.8. The van der Waals surface area contributed by atoms with Crippen LogP contribution in [0.15, 0.2) is 0 Å². The molecule has 0 fully saturated rings. The normalized spacial score (nSPS) is 11.4. The van der Waals surface area contributed by atoms with E-state index in [0.717, 1.165) is 9.52 Å². The molecule has 20 heavy (non-hydrogen) atoms. The van der Waals surface area contributed by atoms with Gasteiger partial charge in [-0.15, -0.1) is 23.2 Å². The molecule has 0 aliphatic carbocycles. The van der Waals surface area contributed by atoms with Crippen molar-refractivity contribution >= 4 is 32.7 Å². The first-order valence-corrected chi connectivity index (χ1v) is 10.9. The molecule has 0 saturated heterocycles. The molecule has 3 heteroatoms. The highest BCUT2D eigenvalue weighted by atomic mass is 35.5. The molecule has 0 saturated carbocycles. The molecule has 120 valence electrons. The minimum atomic E-state index is -0.128. The van der Waals surface area contributed by atoms with Crippen molar-refractivity contribution in [1.82, 2.24) is 0 Å². The summed E-state index contributed by atoms with van der Waals surface area (Å²) in [5.74, 6) is 0. The molecule has 0 aromatic heterocycles. The maximum Gasteiger partial charge on any atom is 0.0929 e. The first-order valence-electron chi connectivity index (χ1n) is 8.79. The van der Waals surface area contributed by atoms with Gasteiger partial charge in [0.2, 0.25) is 0 Å². The van der Waals surface area contributed by atoms with Gasteiger partial charge in [-0.2, -0.15) is 0 Å². The molecule has 0 aliphatic heterocycles. The van der Waals surface area contributed by atoms with E-state index >= 15 is 0 Å². The minimum absolute atomic E-state index is 0.128. The zero-order valence-electron chi connectivity index (χ0n) is 13.4. The Labute approximate surface area is 140 Å². The fourth-order valence-electron chi connectivity index (χ4n) is 2.53. The van der Waals surface area contributed by atoms with Gasteiger partial charge in [0.15, 0.2) is 0 Å². The van der Waals surface area contributed by atoms with Crippen LogP contribution in [0.25, 0.3) is 0 Å². The van der Waals surface area contributed by atoms with E-state index in [1.54, 1.807) is 0 Å². The summed E-state index contributed by atoms with van der Waals surface area (Å²) < 4.78 is -0.128. The number of halogens is 2. The van der Waals surface area contributed by atoms with Crippen molar-refractivity contribution in [2.75, 3.05) is 0 Å². The van der Waals surface area contributed by atoms with Crippen LogP contribution < -0.4 is 0 Å². The van der Waals surface area contributed by atoms with Crippen LogP contribution >= 0.6 is 23.2 Å². The quantitative estimate of drug-likeness (QED) is 0.157. The summed E-state index contributed by atoms with van der Waals surface area (Å²) in [4.78, 5) is 0. The monoisotopic (exact) mass is 336 g/mol. The van der Waals surface area contributed by atoms with Crippen LogP contribution in [0.3, 0.4) is 0 Å². The van der Waals surface area contributed by atoms with Gasteiger partial charge in [0.05, 0.1) is 14.0 Å². The van der Waals surface area contributed by atoms with Crippen molar-refractivity contribution < 1.29 is 0 Å². The molecule has 2 radical (unpaired) electrons. The van der Waals surface area contributed by atoms with E-state index in [9.17, 15) is 0 Å². The molecule has 0 heterocycles. The molecule has 0 bridgehead atoms. The second-order valence-corrected chi connectivity index (χ2v) is 9.16. The standard InChI is InChI=1S/C17H34Cl2Si/c1-2-3-4-5-6-7-8-9-10-11-12-13-14-15-16-20-17(18)19/h17H,2-16H2,1H3. The molecule has 0 aromatic carbocycles. The summed E-state index contributed by atoms with van der Waals surface area (Å²) in [7, 11) is 0.731. The van der Waals surface area contributed by atoms with Gasteiger partial charge in [0.25, 0.3) is 0 Å². The van der Waals surface area contributed by atoms with Crippen LogP contribution in [0.1, 0.15) is 96.8 Å². The molecule has 0 amide bonds. The Morgan fingerprint density at radius 1 is 0.600 bits per heavy atom. The summed E-state index contributed by atoms with van der Waals surface area (Å²) in [6, 6.07) is 1.22. The predicted molar refractivity (Wildman–Crippen MR) is 96.4 cm³/mol. The molecule has 0 rings (SSSR count). The Kier molecular flexibility index (Phi) is 18.6. The van der Waals surface area contributed by atoms with E-state index in [1.807, 2.05) is 0 Å². The number of hydrogen-bond acceptors (Lipinski definition) is 0. The minimum Gasteiger partial charge on any atom is -0.110 e. The number of rotatable bonds is 16. The molecule has 0 aliphatic rings. The van der Waals surface area contributed by atoms with E-state index in [0.29, 0.717) is 0 Å². The Hall–Kier alpha value is 0.797. The van der Waals surface area contributed by atoms with Crippen molar-refractivity contribution in [2.24, 2.45) is 0 Å². The van der Waals surface area contributed by atoms with Crippen LogP contribution in [0, 0.1) is 0 Å². The average molecular weight is 337 g/mol. The fraction of sp³-hybridized carbons (Fsp3) is 1.00. The molecule has 0 spiro atoms. The van der Waals surface area contributed by atoms with Gasteiger partial charge in [-0.3, -0.25) is 0 Å². The molecule has 0 nitrogen and oxygen atoms in total. The second kappa shape index (κ2) is 17.8. The smallest absolute Gasteiger partial charge is 0.0929 e. The average Bonchev–Trinajstić information content (AvgIpc) is 2.43. The molecular formula is C17H34Cl2Si. The van der Waals surface area contributed by atoms with Crippen molar-refractivity contribution in [3.63, 3.8) is 0 Å². The van der Waals surface area contributed by atoms with Crippen molar-refractivity contribution in [3.05, 3.63) is 0 Å². The largest absolute Gasteiger partial charge is 0.110 e. The molecular weight excluding hydrogens is 303 g/mol. The highest BCUT2D eigenvalue weighted by Gasteiger charge is 1.99. The summed E-state index contributed by atoms with van der Waals surface area (Å²) in [5, 5.41) is 0. The van der Waals surface area contributed by atoms with Crippen LogP contribution in [-0.2, 0) is 0 Å². The Balaban J connectivity index is 2.92. The Morgan fingerprint density at radius 3 is 1.30 bits per heavy atom. The van der Waals surface area contributed by atoms with E-state index in [1.165, 1.54) is 95.9 Å². The molecule has 0 atom stereocenters. The lowest BCUT2D eigenvalue weighted by Gasteiger charge is -2.03. The maximum absolute atomic E-state index is 5.71. The van der Waals surface area contributed by atoms with Crippen LogP contribution in [0.4, 0.5) is 0 Å². The third-order valence-electron chi connectivity index (χ3n) is 3.83. The van der Waals surface area contributed by atoms with Crippen LogP contribution in [-0.4, -0.2) is 14.0 Å². The highest BCUT2D eigenvalue weighted by Crippen LogP contribution is 2.13. The Morgan fingerprint density at radius 2 is 0.950 bits per heavy atom. The van der Waals surface area contributed by atoms with Crippen molar-refractivity contribution in [1.29, 1.82) is 0 Å². The van der Waals surface area contributed by atoms with Crippen LogP contribution in [0.2, 0.25) is 6.04 Å². The summed E-state index contributed by atoms with van der Waals surface area (Å²) in [6.07, 6.45) is 19.9. The summed E-state index contributed by atoms with van der Waals surface area (Å²) in [5.41, 5.74) is 0. The Bertz CT molecular complexity index is 174. The third kappa shape index (κ3) is 18.8. The van der Waals surface area contributed by atoms with E-state index in [2.05, 4.69) is 6.92 Å². The lowest BCUT2D eigenvalue weighted by atomic mass is 10.0. The lowest BCUT2D eigenvalue weighted by molar-refractivity contribution is 0.538. The van der Waals surface area contributed by atoms with Gasteiger partial charge in [0, 0.05) is 0 Å². The zero-order valence-corrected chi connectivity index (χ0v) is 16.0. The van der Waals surface area contributed by atoms with Gasteiger partial charge < -0.3 is 0 Å². The van der Waals surface area contributed by atoms with Gasteiger partial charge in [-0.1, -0.05) is 103 Å². The summed E-state index contributed by atoms with van der Waals surface area (Å²) in [6.45, 7) is 2.28. The molecule has 0 aromatic rings. The molecule has 0 unspecified atom stereocenters.